The highest BCUT2D eigenvalue weighted by Crippen LogP contribution is 2.19. The molecule has 1 aromatic carbocycles. The molecular weight excluding hydrogens is 226 g/mol. The number of fused-ring (bicyclic) bond motifs is 2. The highest BCUT2D eigenvalue weighted by atomic mass is 16.3. The normalized spacial score (nSPS) is 22.4. The minimum absolute atomic E-state index is 0.337. The Bertz CT molecular complexity index is 760. The lowest BCUT2D eigenvalue weighted by Gasteiger charge is -2.22. The molecule has 0 aliphatic heterocycles. The monoisotopic (exact) mass is 239 g/mol. The van der Waals surface area contributed by atoms with Crippen LogP contribution in [0, 0.1) is 0 Å². The fourth-order valence-electron chi connectivity index (χ4n) is 2.43. The van der Waals surface area contributed by atoms with E-state index in [4.69, 9.17) is 0 Å². The van der Waals surface area contributed by atoms with Crippen molar-refractivity contribution in [1.82, 2.24) is 4.98 Å². The van der Waals surface area contributed by atoms with E-state index >= 15 is 0 Å². The number of hydrogen-bond donors (Lipinski definition) is 1. The molecule has 90 valence electrons. The van der Waals surface area contributed by atoms with Gasteiger partial charge in [-0.15, -0.1) is 0 Å². The lowest BCUT2D eigenvalue weighted by Crippen LogP contribution is -2.41. The SMILES string of the molecule is CC1(O)C=c2nc3ccccc3cc2=C(C=O)C1. The van der Waals surface area contributed by atoms with Gasteiger partial charge in [0.1, 0.15) is 6.29 Å². The number of para-hydroxylation sites is 1. The van der Waals surface area contributed by atoms with Gasteiger partial charge in [0.05, 0.1) is 16.5 Å². The van der Waals surface area contributed by atoms with Crippen molar-refractivity contribution in [3.63, 3.8) is 0 Å². The van der Waals surface area contributed by atoms with Crippen molar-refractivity contribution in [1.29, 1.82) is 0 Å². The molecule has 1 aliphatic carbocycles. The van der Waals surface area contributed by atoms with Crippen molar-refractivity contribution in [2.45, 2.75) is 18.9 Å². The highest BCUT2D eigenvalue weighted by Gasteiger charge is 2.23. The van der Waals surface area contributed by atoms with E-state index < -0.39 is 5.60 Å². The minimum Gasteiger partial charge on any atom is -0.386 e. The van der Waals surface area contributed by atoms with Crippen LogP contribution in [0.4, 0.5) is 0 Å². The van der Waals surface area contributed by atoms with Gasteiger partial charge in [0.15, 0.2) is 0 Å². The van der Waals surface area contributed by atoms with E-state index in [-0.39, 0.29) is 0 Å². The Hall–Kier alpha value is -2.00. The summed E-state index contributed by atoms with van der Waals surface area (Å²) in [6.45, 7) is 1.69. The zero-order chi connectivity index (χ0) is 12.8. The Morgan fingerprint density at radius 1 is 1.39 bits per heavy atom. The Morgan fingerprint density at radius 2 is 2.17 bits per heavy atom. The summed E-state index contributed by atoms with van der Waals surface area (Å²) < 4.78 is 0. The molecule has 0 saturated heterocycles. The van der Waals surface area contributed by atoms with Crippen LogP contribution in [0.5, 0.6) is 0 Å². The molecule has 1 heterocycles. The molecule has 0 radical (unpaired) electrons. The average molecular weight is 239 g/mol. The molecular formula is C15H13NO2. The van der Waals surface area contributed by atoms with Gasteiger partial charge >= 0.3 is 0 Å². The summed E-state index contributed by atoms with van der Waals surface area (Å²) in [5.74, 6) is 0. The van der Waals surface area contributed by atoms with E-state index in [0.717, 1.165) is 22.4 Å². The molecule has 0 amide bonds. The topological polar surface area (TPSA) is 50.2 Å². The van der Waals surface area contributed by atoms with Crippen molar-refractivity contribution in [3.8, 4) is 0 Å². The lowest BCUT2D eigenvalue weighted by molar-refractivity contribution is -0.103. The van der Waals surface area contributed by atoms with Gasteiger partial charge in [-0.1, -0.05) is 18.2 Å². The molecule has 0 bridgehead atoms. The molecule has 3 heteroatoms. The zero-order valence-electron chi connectivity index (χ0n) is 10.1. The van der Waals surface area contributed by atoms with Crippen LogP contribution in [0.25, 0.3) is 22.6 Å². The predicted molar refractivity (Wildman–Crippen MR) is 70.2 cm³/mol. The predicted octanol–water partition coefficient (Wildman–Crippen LogP) is 0.520. The largest absolute Gasteiger partial charge is 0.386 e. The Morgan fingerprint density at radius 3 is 2.94 bits per heavy atom. The standard InChI is InChI=1S/C15H13NO2/c1-15(18)7-11(9-17)12-6-10-4-2-3-5-13(10)16-14(12)8-15/h2-6,8-9,18H,7H2,1H3. The molecule has 1 N–H and O–H groups in total. The quantitative estimate of drug-likeness (QED) is 0.738. The van der Waals surface area contributed by atoms with Crippen LogP contribution in [-0.4, -0.2) is 22.0 Å². The average Bonchev–Trinajstić information content (AvgIpc) is 2.34. The van der Waals surface area contributed by atoms with E-state index in [1.54, 1.807) is 13.0 Å². The summed E-state index contributed by atoms with van der Waals surface area (Å²) in [6.07, 6.45) is 2.88. The van der Waals surface area contributed by atoms with Crippen LogP contribution in [0.3, 0.4) is 0 Å². The number of carbonyl (C=O) groups excluding carboxylic acids is 1. The van der Waals surface area contributed by atoms with Crippen LogP contribution in [0.2, 0.25) is 0 Å². The van der Waals surface area contributed by atoms with Gasteiger partial charge in [-0.2, -0.15) is 0 Å². The number of aldehydes is 1. The minimum atomic E-state index is -1.00. The Kier molecular flexibility index (Phi) is 2.31. The molecule has 1 aliphatic rings. The molecule has 0 fully saturated rings. The second-order valence-corrected chi connectivity index (χ2v) is 4.94. The van der Waals surface area contributed by atoms with E-state index in [0.29, 0.717) is 17.3 Å². The fourth-order valence-corrected chi connectivity index (χ4v) is 2.43. The smallest absolute Gasteiger partial charge is 0.146 e. The number of carbonyl (C=O) groups is 1. The highest BCUT2D eigenvalue weighted by molar-refractivity contribution is 6.00. The van der Waals surface area contributed by atoms with E-state index in [2.05, 4.69) is 4.98 Å². The van der Waals surface area contributed by atoms with Gasteiger partial charge in [0.25, 0.3) is 0 Å². The number of rotatable bonds is 1. The molecule has 0 spiro atoms. The second kappa shape index (κ2) is 3.75. The van der Waals surface area contributed by atoms with Crippen LogP contribution in [0.1, 0.15) is 13.3 Å². The van der Waals surface area contributed by atoms with Crippen LogP contribution in [0.15, 0.2) is 30.3 Å². The number of aromatic nitrogens is 1. The Labute approximate surface area is 104 Å². The third kappa shape index (κ3) is 1.73. The summed E-state index contributed by atoms with van der Waals surface area (Å²) in [7, 11) is 0. The molecule has 18 heavy (non-hydrogen) atoms. The molecule has 1 aromatic heterocycles. The van der Waals surface area contributed by atoms with Crippen molar-refractivity contribution in [3.05, 3.63) is 40.9 Å². The number of hydrogen-bond acceptors (Lipinski definition) is 3. The molecule has 2 aromatic rings. The fraction of sp³-hybridized carbons (Fsp3) is 0.200. The molecule has 3 rings (SSSR count). The van der Waals surface area contributed by atoms with Crippen LogP contribution < -0.4 is 10.6 Å². The first-order valence-electron chi connectivity index (χ1n) is 5.88. The van der Waals surface area contributed by atoms with E-state index in [1.807, 2.05) is 30.3 Å². The van der Waals surface area contributed by atoms with Gasteiger partial charge in [-0.05, 0) is 25.1 Å². The summed E-state index contributed by atoms with van der Waals surface area (Å²) in [5, 5.41) is 12.6. The summed E-state index contributed by atoms with van der Waals surface area (Å²) in [6, 6.07) is 9.73. The summed E-state index contributed by atoms with van der Waals surface area (Å²) in [4.78, 5) is 15.7. The van der Waals surface area contributed by atoms with Crippen molar-refractivity contribution in [2.75, 3.05) is 0 Å². The van der Waals surface area contributed by atoms with Gasteiger partial charge in [0, 0.05) is 22.6 Å². The van der Waals surface area contributed by atoms with Crippen molar-refractivity contribution in [2.24, 2.45) is 0 Å². The van der Waals surface area contributed by atoms with Gasteiger partial charge in [-0.25, -0.2) is 4.98 Å². The van der Waals surface area contributed by atoms with Crippen molar-refractivity contribution >= 4 is 28.8 Å². The maximum Gasteiger partial charge on any atom is 0.146 e. The first-order valence-corrected chi connectivity index (χ1v) is 5.88. The summed E-state index contributed by atoms with van der Waals surface area (Å²) >= 11 is 0. The third-order valence-electron chi connectivity index (χ3n) is 3.24. The second-order valence-electron chi connectivity index (χ2n) is 4.94. The molecule has 1 unspecified atom stereocenters. The van der Waals surface area contributed by atoms with Gasteiger partial charge in [0.2, 0.25) is 0 Å². The zero-order valence-corrected chi connectivity index (χ0v) is 10.1. The van der Waals surface area contributed by atoms with Crippen molar-refractivity contribution < 1.29 is 9.90 Å². The van der Waals surface area contributed by atoms with E-state index in [9.17, 15) is 9.90 Å². The maximum atomic E-state index is 11.2. The molecule has 3 nitrogen and oxygen atoms in total. The number of nitrogens with zero attached hydrogens (tertiary/aromatic N) is 1. The van der Waals surface area contributed by atoms with Gasteiger partial charge < -0.3 is 5.11 Å². The molecule has 0 saturated carbocycles. The van der Waals surface area contributed by atoms with E-state index in [1.165, 1.54) is 0 Å². The third-order valence-corrected chi connectivity index (χ3v) is 3.24. The first kappa shape index (κ1) is 11.1. The number of aliphatic hydroxyl groups is 1. The van der Waals surface area contributed by atoms with Crippen LogP contribution >= 0.6 is 0 Å². The number of pyridine rings is 1. The van der Waals surface area contributed by atoms with Gasteiger partial charge in [-0.3, -0.25) is 4.79 Å². The van der Waals surface area contributed by atoms with Crippen LogP contribution in [-0.2, 0) is 4.79 Å². The first-order chi connectivity index (χ1) is 8.59. The maximum absolute atomic E-state index is 11.2. The number of benzene rings is 1. The Balaban J connectivity index is 2.49. The lowest BCUT2D eigenvalue weighted by atomic mass is 9.90. The summed E-state index contributed by atoms with van der Waals surface area (Å²) in [5.41, 5.74) is 0.477. The molecule has 1 atom stereocenters.